The van der Waals surface area contributed by atoms with Crippen LogP contribution in [0.15, 0.2) is 6.33 Å². The molecule has 2 unspecified atom stereocenters. The molecule has 4 heteroatoms. The maximum atomic E-state index is 5.75. The van der Waals surface area contributed by atoms with Crippen molar-refractivity contribution in [2.24, 2.45) is 18.7 Å². The molecule has 2 heterocycles. The highest BCUT2D eigenvalue weighted by atomic mass is 15.1. The second-order valence-corrected chi connectivity index (χ2v) is 4.81. The van der Waals surface area contributed by atoms with E-state index in [1.807, 2.05) is 6.33 Å². The lowest BCUT2D eigenvalue weighted by Crippen LogP contribution is -2.45. The van der Waals surface area contributed by atoms with E-state index < -0.39 is 0 Å². The summed E-state index contributed by atoms with van der Waals surface area (Å²) in [5.41, 5.74) is 8.40. The molecule has 4 nitrogen and oxygen atoms in total. The molecule has 0 spiro atoms. The Kier molecular flexibility index (Phi) is 2.07. The molecule has 2 aliphatic rings. The van der Waals surface area contributed by atoms with Gasteiger partial charge in [-0.3, -0.25) is 0 Å². The van der Waals surface area contributed by atoms with Crippen LogP contribution in [0.1, 0.15) is 30.3 Å². The van der Waals surface area contributed by atoms with Gasteiger partial charge >= 0.3 is 0 Å². The van der Waals surface area contributed by atoms with E-state index >= 15 is 0 Å². The Bertz CT molecular complexity index is 367. The van der Waals surface area contributed by atoms with Gasteiger partial charge in [-0.05, 0) is 18.8 Å². The average Bonchev–Trinajstić information content (AvgIpc) is 3.03. The van der Waals surface area contributed by atoms with Gasteiger partial charge in [0.25, 0.3) is 0 Å². The van der Waals surface area contributed by atoms with E-state index in [1.54, 1.807) is 0 Å². The standard InChI is InChI=1S/C11H18N4/c1-15-6-13-9-4-8(5-12)14-10(11(9)15)7-2-3-7/h6-8,10,14H,2-5,12H2,1H3. The van der Waals surface area contributed by atoms with Crippen LogP contribution in [0.3, 0.4) is 0 Å². The van der Waals surface area contributed by atoms with Crippen LogP contribution in [0.25, 0.3) is 0 Å². The first-order chi connectivity index (χ1) is 7.29. The van der Waals surface area contributed by atoms with Crippen molar-refractivity contribution in [2.75, 3.05) is 6.54 Å². The maximum Gasteiger partial charge on any atom is 0.0949 e. The van der Waals surface area contributed by atoms with E-state index in [0.29, 0.717) is 18.6 Å². The molecule has 1 fully saturated rings. The van der Waals surface area contributed by atoms with Crippen LogP contribution in [0.5, 0.6) is 0 Å². The molecule has 0 bridgehead atoms. The van der Waals surface area contributed by atoms with Gasteiger partial charge < -0.3 is 15.6 Å². The minimum absolute atomic E-state index is 0.415. The fourth-order valence-electron chi connectivity index (χ4n) is 2.61. The molecule has 1 aliphatic carbocycles. The van der Waals surface area contributed by atoms with Crippen LogP contribution in [0, 0.1) is 5.92 Å². The van der Waals surface area contributed by atoms with Crippen molar-refractivity contribution in [3.63, 3.8) is 0 Å². The zero-order valence-electron chi connectivity index (χ0n) is 9.11. The van der Waals surface area contributed by atoms with Crippen LogP contribution in [0.2, 0.25) is 0 Å². The summed E-state index contributed by atoms with van der Waals surface area (Å²) in [7, 11) is 2.09. The summed E-state index contributed by atoms with van der Waals surface area (Å²) < 4.78 is 2.16. The van der Waals surface area contributed by atoms with Crippen LogP contribution in [0.4, 0.5) is 0 Å². The Balaban J connectivity index is 1.97. The van der Waals surface area contributed by atoms with E-state index in [2.05, 4.69) is 21.9 Å². The third-order valence-corrected chi connectivity index (χ3v) is 3.59. The van der Waals surface area contributed by atoms with Crippen molar-refractivity contribution in [3.8, 4) is 0 Å². The summed E-state index contributed by atoms with van der Waals surface area (Å²) in [6, 6.07) is 0.910. The van der Waals surface area contributed by atoms with Gasteiger partial charge in [0.1, 0.15) is 0 Å². The van der Waals surface area contributed by atoms with Crippen LogP contribution in [-0.2, 0) is 13.5 Å². The van der Waals surface area contributed by atoms with Crippen molar-refractivity contribution in [2.45, 2.75) is 31.3 Å². The fraction of sp³-hybridized carbons (Fsp3) is 0.727. The van der Waals surface area contributed by atoms with Gasteiger partial charge in [0.05, 0.1) is 23.8 Å². The Morgan fingerprint density at radius 1 is 1.60 bits per heavy atom. The number of nitrogens with two attached hydrogens (primary N) is 1. The molecule has 1 aromatic heterocycles. The predicted molar refractivity (Wildman–Crippen MR) is 58.4 cm³/mol. The molecule has 0 amide bonds. The molecule has 1 saturated carbocycles. The molecular weight excluding hydrogens is 188 g/mol. The smallest absolute Gasteiger partial charge is 0.0949 e. The number of aryl methyl sites for hydroxylation is 1. The molecule has 1 aliphatic heterocycles. The topological polar surface area (TPSA) is 55.9 Å². The number of aromatic nitrogens is 2. The average molecular weight is 206 g/mol. The summed E-state index contributed by atoms with van der Waals surface area (Å²) in [5.74, 6) is 0.813. The Labute approximate surface area is 89.9 Å². The zero-order valence-corrected chi connectivity index (χ0v) is 9.11. The quantitative estimate of drug-likeness (QED) is 0.734. The molecule has 3 N–H and O–H groups in total. The second-order valence-electron chi connectivity index (χ2n) is 4.81. The molecule has 3 rings (SSSR count). The molecule has 15 heavy (non-hydrogen) atoms. The van der Waals surface area contributed by atoms with Gasteiger partial charge in [-0.2, -0.15) is 0 Å². The monoisotopic (exact) mass is 206 g/mol. The highest BCUT2D eigenvalue weighted by molar-refractivity contribution is 5.24. The van der Waals surface area contributed by atoms with Gasteiger partial charge in [-0.25, -0.2) is 4.98 Å². The van der Waals surface area contributed by atoms with Gasteiger partial charge in [0, 0.05) is 26.1 Å². The fourth-order valence-corrected chi connectivity index (χ4v) is 2.61. The van der Waals surface area contributed by atoms with Crippen LogP contribution < -0.4 is 11.1 Å². The number of nitrogens with zero attached hydrogens (tertiary/aromatic N) is 2. The summed E-state index contributed by atoms with van der Waals surface area (Å²) in [6.07, 6.45) is 5.61. The Hall–Kier alpha value is -0.870. The Morgan fingerprint density at radius 3 is 3.07 bits per heavy atom. The first-order valence-electron chi connectivity index (χ1n) is 5.75. The summed E-state index contributed by atoms with van der Waals surface area (Å²) in [6.45, 7) is 0.708. The van der Waals surface area contributed by atoms with Crippen LogP contribution in [-0.4, -0.2) is 22.1 Å². The minimum atomic E-state index is 0.415. The van der Waals surface area contributed by atoms with Crippen molar-refractivity contribution < 1.29 is 0 Å². The molecule has 0 radical (unpaired) electrons. The molecule has 82 valence electrons. The SMILES string of the molecule is Cn1cnc2c1C(C1CC1)NC(CN)C2. The maximum absolute atomic E-state index is 5.75. The number of hydrogen-bond acceptors (Lipinski definition) is 3. The predicted octanol–water partition coefficient (Wildman–Crippen LogP) is 0.344. The van der Waals surface area contributed by atoms with E-state index in [0.717, 1.165) is 12.3 Å². The van der Waals surface area contributed by atoms with E-state index in [9.17, 15) is 0 Å². The highest BCUT2D eigenvalue weighted by Crippen LogP contribution is 2.43. The number of hydrogen-bond donors (Lipinski definition) is 2. The van der Waals surface area contributed by atoms with Crippen molar-refractivity contribution in [1.29, 1.82) is 0 Å². The molecule has 0 saturated heterocycles. The van der Waals surface area contributed by atoms with Crippen LogP contribution >= 0.6 is 0 Å². The van der Waals surface area contributed by atoms with E-state index in [1.165, 1.54) is 24.2 Å². The highest BCUT2D eigenvalue weighted by Gasteiger charge is 2.39. The normalized spacial score (nSPS) is 30.3. The Morgan fingerprint density at radius 2 is 2.40 bits per heavy atom. The number of imidazole rings is 1. The summed E-state index contributed by atoms with van der Waals surface area (Å²) in [5, 5.41) is 3.66. The molecule has 1 aromatic rings. The first-order valence-corrected chi connectivity index (χ1v) is 5.75. The number of rotatable bonds is 2. The largest absolute Gasteiger partial charge is 0.336 e. The lowest BCUT2D eigenvalue weighted by Gasteiger charge is -2.30. The third kappa shape index (κ3) is 1.48. The number of fused-ring (bicyclic) bond motifs is 1. The second kappa shape index (κ2) is 3.32. The van der Waals surface area contributed by atoms with Gasteiger partial charge in [0.2, 0.25) is 0 Å². The van der Waals surface area contributed by atoms with E-state index in [4.69, 9.17) is 5.73 Å². The lowest BCUT2D eigenvalue weighted by molar-refractivity contribution is 0.361. The lowest BCUT2D eigenvalue weighted by atomic mass is 9.96. The van der Waals surface area contributed by atoms with Crippen molar-refractivity contribution >= 4 is 0 Å². The summed E-state index contributed by atoms with van der Waals surface area (Å²) >= 11 is 0. The van der Waals surface area contributed by atoms with Crippen molar-refractivity contribution in [1.82, 2.24) is 14.9 Å². The molecular formula is C11H18N4. The van der Waals surface area contributed by atoms with E-state index in [-0.39, 0.29) is 0 Å². The van der Waals surface area contributed by atoms with Gasteiger partial charge in [-0.15, -0.1) is 0 Å². The first kappa shape index (κ1) is 9.36. The molecule has 2 atom stereocenters. The van der Waals surface area contributed by atoms with Gasteiger partial charge in [0.15, 0.2) is 0 Å². The zero-order chi connectivity index (χ0) is 10.4. The summed E-state index contributed by atoms with van der Waals surface area (Å²) in [4.78, 5) is 4.48. The minimum Gasteiger partial charge on any atom is -0.336 e. The molecule has 0 aromatic carbocycles. The van der Waals surface area contributed by atoms with Crippen molar-refractivity contribution in [3.05, 3.63) is 17.7 Å². The third-order valence-electron chi connectivity index (χ3n) is 3.59. The van der Waals surface area contributed by atoms with Gasteiger partial charge in [-0.1, -0.05) is 0 Å². The number of nitrogens with one attached hydrogen (secondary N) is 1.